The van der Waals surface area contributed by atoms with Gasteiger partial charge in [-0.3, -0.25) is 0 Å². The predicted molar refractivity (Wildman–Crippen MR) is 69.5 cm³/mol. The van der Waals surface area contributed by atoms with Crippen LogP contribution in [0, 0.1) is 11.6 Å². The van der Waals surface area contributed by atoms with Gasteiger partial charge in [-0.05, 0) is 23.8 Å². The number of benzene rings is 2. The molecule has 0 saturated heterocycles. The largest absolute Gasteiger partial charge is 0.397 e. The molecule has 0 amide bonds. The molecular formula is C13H11ClF2N2. The normalized spacial score (nSPS) is 10.4. The van der Waals surface area contributed by atoms with Crippen LogP contribution in [0.25, 0.3) is 0 Å². The summed E-state index contributed by atoms with van der Waals surface area (Å²) in [6.07, 6.45) is 0. The second-order valence-electron chi connectivity index (χ2n) is 3.84. The monoisotopic (exact) mass is 268 g/mol. The molecule has 0 aliphatic heterocycles. The van der Waals surface area contributed by atoms with Gasteiger partial charge in [-0.1, -0.05) is 23.7 Å². The van der Waals surface area contributed by atoms with Gasteiger partial charge < -0.3 is 11.1 Å². The number of hydrogen-bond acceptors (Lipinski definition) is 2. The molecule has 0 saturated carbocycles. The highest BCUT2D eigenvalue weighted by atomic mass is 35.5. The summed E-state index contributed by atoms with van der Waals surface area (Å²) in [5.41, 5.74) is 7.19. The zero-order valence-corrected chi connectivity index (χ0v) is 10.1. The van der Waals surface area contributed by atoms with Crippen molar-refractivity contribution in [1.29, 1.82) is 0 Å². The summed E-state index contributed by atoms with van der Waals surface area (Å²) in [7, 11) is 0. The van der Waals surface area contributed by atoms with Gasteiger partial charge >= 0.3 is 0 Å². The van der Waals surface area contributed by atoms with Gasteiger partial charge in [-0.15, -0.1) is 0 Å². The number of halogens is 3. The van der Waals surface area contributed by atoms with Crippen LogP contribution >= 0.6 is 11.6 Å². The number of nitrogens with one attached hydrogen (secondary N) is 1. The van der Waals surface area contributed by atoms with Gasteiger partial charge in [0.05, 0.1) is 16.4 Å². The second kappa shape index (κ2) is 5.23. The molecule has 0 heterocycles. The van der Waals surface area contributed by atoms with E-state index in [1.165, 1.54) is 18.2 Å². The van der Waals surface area contributed by atoms with Crippen molar-refractivity contribution in [3.8, 4) is 0 Å². The van der Waals surface area contributed by atoms with Gasteiger partial charge in [0.2, 0.25) is 0 Å². The molecule has 0 aliphatic rings. The smallest absolute Gasteiger partial charge is 0.143 e. The van der Waals surface area contributed by atoms with E-state index in [4.69, 9.17) is 17.3 Å². The standard InChI is InChI=1S/C13H11ClF2N2/c14-10-5-13(12(17)6-11(10)16)18-7-8-2-1-3-9(15)4-8/h1-6,18H,7,17H2. The predicted octanol–water partition coefficient (Wildman–Crippen LogP) is 3.81. The number of anilines is 2. The van der Waals surface area contributed by atoms with Crippen LogP contribution in [-0.4, -0.2) is 0 Å². The summed E-state index contributed by atoms with van der Waals surface area (Å²) in [6.45, 7) is 0.379. The lowest BCUT2D eigenvalue weighted by atomic mass is 10.2. The van der Waals surface area contributed by atoms with Crippen LogP contribution < -0.4 is 11.1 Å². The summed E-state index contributed by atoms with van der Waals surface area (Å²) in [5.74, 6) is -0.870. The summed E-state index contributed by atoms with van der Waals surface area (Å²) >= 11 is 5.66. The van der Waals surface area contributed by atoms with Gasteiger partial charge in [-0.25, -0.2) is 8.78 Å². The minimum atomic E-state index is -0.564. The molecule has 3 N–H and O–H groups in total. The Bertz CT molecular complexity index is 573. The summed E-state index contributed by atoms with van der Waals surface area (Å²) < 4.78 is 26.1. The Labute approximate surface area is 108 Å². The van der Waals surface area contributed by atoms with Crippen LogP contribution in [-0.2, 0) is 6.54 Å². The maximum atomic E-state index is 13.1. The van der Waals surface area contributed by atoms with Gasteiger partial charge in [0, 0.05) is 12.6 Å². The maximum absolute atomic E-state index is 13.1. The van der Waals surface area contributed by atoms with Gasteiger partial charge in [0.15, 0.2) is 0 Å². The van der Waals surface area contributed by atoms with E-state index in [1.54, 1.807) is 12.1 Å². The fourth-order valence-electron chi connectivity index (χ4n) is 1.56. The van der Waals surface area contributed by atoms with Crippen molar-refractivity contribution in [3.63, 3.8) is 0 Å². The number of rotatable bonds is 3. The Morgan fingerprint density at radius 1 is 1.17 bits per heavy atom. The molecule has 0 radical (unpaired) electrons. The molecule has 0 unspecified atom stereocenters. The van der Waals surface area contributed by atoms with Gasteiger partial charge in [0.25, 0.3) is 0 Å². The lowest BCUT2D eigenvalue weighted by Gasteiger charge is -2.10. The van der Waals surface area contributed by atoms with Crippen molar-refractivity contribution < 1.29 is 8.78 Å². The van der Waals surface area contributed by atoms with E-state index in [2.05, 4.69) is 5.32 Å². The zero-order valence-electron chi connectivity index (χ0n) is 9.38. The molecule has 2 aromatic rings. The average Bonchev–Trinajstić information content (AvgIpc) is 2.32. The van der Waals surface area contributed by atoms with E-state index in [0.717, 1.165) is 11.6 Å². The van der Waals surface area contributed by atoms with Crippen LogP contribution in [0.1, 0.15) is 5.56 Å². The number of nitrogens with two attached hydrogens (primary N) is 1. The van der Waals surface area contributed by atoms with Crippen molar-refractivity contribution in [2.45, 2.75) is 6.54 Å². The highest BCUT2D eigenvalue weighted by Crippen LogP contribution is 2.26. The van der Waals surface area contributed by atoms with E-state index in [0.29, 0.717) is 12.2 Å². The van der Waals surface area contributed by atoms with E-state index in [9.17, 15) is 8.78 Å². The first-order valence-corrected chi connectivity index (χ1v) is 5.67. The Kier molecular flexibility index (Phi) is 3.67. The van der Waals surface area contributed by atoms with Crippen LogP contribution in [0.4, 0.5) is 20.2 Å². The lowest BCUT2D eigenvalue weighted by molar-refractivity contribution is 0.626. The Hall–Kier alpha value is -1.81. The third-order valence-electron chi connectivity index (χ3n) is 2.46. The molecule has 0 aliphatic carbocycles. The lowest BCUT2D eigenvalue weighted by Crippen LogP contribution is -2.03. The minimum absolute atomic E-state index is 0.00839. The molecule has 0 bridgehead atoms. The molecule has 2 nitrogen and oxygen atoms in total. The average molecular weight is 269 g/mol. The third-order valence-corrected chi connectivity index (χ3v) is 2.75. The Balaban J connectivity index is 2.13. The minimum Gasteiger partial charge on any atom is -0.397 e. The Morgan fingerprint density at radius 2 is 1.94 bits per heavy atom. The van der Waals surface area contributed by atoms with E-state index in [1.807, 2.05) is 0 Å². The molecule has 0 fully saturated rings. The topological polar surface area (TPSA) is 38.0 Å². The number of nitrogen functional groups attached to an aromatic ring is 1. The first kappa shape index (κ1) is 12.6. The zero-order chi connectivity index (χ0) is 13.1. The third kappa shape index (κ3) is 2.90. The molecule has 5 heteroatoms. The van der Waals surface area contributed by atoms with E-state index >= 15 is 0 Å². The number of hydrogen-bond donors (Lipinski definition) is 2. The van der Waals surface area contributed by atoms with Gasteiger partial charge in [0.1, 0.15) is 11.6 Å². The molecule has 94 valence electrons. The maximum Gasteiger partial charge on any atom is 0.143 e. The highest BCUT2D eigenvalue weighted by molar-refractivity contribution is 6.31. The van der Waals surface area contributed by atoms with Crippen molar-refractivity contribution in [2.75, 3.05) is 11.1 Å². The van der Waals surface area contributed by atoms with Crippen molar-refractivity contribution in [1.82, 2.24) is 0 Å². The van der Waals surface area contributed by atoms with Crippen LogP contribution in [0.15, 0.2) is 36.4 Å². The molecule has 2 aromatic carbocycles. The molecular weight excluding hydrogens is 258 g/mol. The Morgan fingerprint density at radius 3 is 2.67 bits per heavy atom. The highest BCUT2D eigenvalue weighted by Gasteiger charge is 2.06. The van der Waals surface area contributed by atoms with Crippen LogP contribution in [0.5, 0.6) is 0 Å². The van der Waals surface area contributed by atoms with Crippen LogP contribution in [0.2, 0.25) is 5.02 Å². The quantitative estimate of drug-likeness (QED) is 0.831. The summed E-state index contributed by atoms with van der Waals surface area (Å²) in [6, 6.07) is 8.73. The fraction of sp³-hybridized carbons (Fsp3) is 0.0769. The SMILES string of the molecule is Nc1cc(F)c(Cl)cc1NCc1cccc(F)c1. The molecule has 0 atom stereocenters. The molecule has 2 rings (SSSR count). The van der Waals surface area contributed by atoms with Crippen molar-refractivity contribution >= 4 is 23.0 Å². The van der Waals surface area contributed by atoms with E-state index < -0.39 is 5.82 Å². The van der Waals surface area contributed by atoms with Crippen LogP contribution in [0.3, 0.4) is 0 Å². The first-order valence-electron chi connectivity index (χ1n) is 5.29. The second-order valence-corrected chi connectivity index (χ2v) is 4.24. The first-order chi connectivity index (χ1) is 8.56. The fourth-order valence-corrected chi connectivity index (χ4v) is 1.72. The molecule has 0 aromatic heterocycles. The molecule has 0 spiro atoms. The summed E-state index contributed by atoms with van der Waals surface area (Å²) in [4.78, 5) is 0. The van der Waals surface area contributed by atoms with E-state index in [-0.39, 0.29) is 16.5 Å². The summed E-state index contributed by atoms with van der Waals surface area (Å²) in [5, 5.41) is 2.97. The van der Waals surface area contributed by atoms with Crippen molar-refractivity contribution in [2.24, 2.45) is 0 Å². The van der Waals surface area contributed by atoms with Gasteiger partial charge in [-0.2, -0.15) is 0 Å². The molecule has 18 heavy (non-hydrogen) atoms. The van der Waals surface area contributed by atoms with Crippen molar-refractivity contribution in [3.05, 3.63) is 58.6 Å².